The lowest BCUT2D eigenvalue weighted by molar-refractivity contribution is 0.0690. The molecule has 2 N–H and O–H groups in total. The smallest absolute Gasteiger partial charge is 0.354 e. The Balaban J connectivity index is 2.01. The molecule has 1 aliphatic carbocycles. The lowest BCUT2D eigenvalue weighted by Crippen LogP contribution is -2.15. The van der Waals surface area contributed by atoms with Crippen LogP contribution < -0.4 is 5.32 Å². The van der Waals surface area contributed by atoms with Crippen LogP contribution in [0.4, 0.5) is 5.95 Å². The third-order valence-corrected chi connectivity index (χ3v) is 3.10. The molecule has 2 rings (SSSR count). The summed E-state index contributed by atoms with van der Waals surface area (Å²) in [5.74, 6) is 0.0844. The van der Waals surface area contributed by atoms with Gasteiger partial charge in [-0.15, -0.1) is 0 Å². The van der Waals surface area contributed by atoms with E-state index in [1.165, 1.54) is 31.7 Å². The normalized spacial score (nSPS) is 16.1. The summed E-state index contributed by atoms with van der Waals surface area (Å²) in [5.41, 5.74) is 0.720. The quantitative estimate of drug-likeness (QED) is 0.835. The molecule has 92 valence electrons. The van der Waals surface area contributed by atoms with Crippen molar-refractivity contribution in [1.82, 2.24) is 9.97 Å². The summed E-state index contributed by atoms with van der Waals surface area (Å²) in [7, 11) is 0. The van der Waals surface area contributed by atoms with Gasteiger partial charge in [0, 0.05) is 12.2 Å². The van der Waals surface area contributed by atoms with Crippen molar-refractivity contribution in [1.29, 1.82) is 0 Å². The van der Waals surface area contributed by atoms with Crippen LogP contribution in [-0.4, -0.2) is 27.6 Å². The van der Waals surface area contributed by atoms with E-state index in [9.17, 15) is 4.79 Å². The number of rotatable bonds is 4. The van der Waals surface area contributed by atoms with Crippen molar-refractivity contribution in [2.45, 2.75) is 32.6 Å². The van der Waals surface area contributed by atoms with Gasteiger partial charge in [0.05, 0.1) is 0 Å². The van der Waals surface area contributed by atoms with E-state index in [2.05, 4.69) is 15.3 Å². The molecule has 0 radical (unpaired) electrons. The van der Waals surface area contributed by atoms with Crippen LogP contribution in [0.5, 0.6) is 0 Å². The Kier molecular flexibility index (Phi) is 3.56. The zero-order valence-corrected chi connectivity index (χ0v) is 9.94. The highest BCUT2D eigenvalue weighted by atomic mass is 16.4. The number of nitrogens with one attached hydrogen (secondary N) is 1. The Morgan fingerprint density at radius 3 is 2.82 bits per heavy atom. The molecule has 1 aromatic rings. The Hall–Kier alpha value is -1.65. The summed E-state index contributed by atoms with van der Waals surface area (Å²) in [5, 5.41) is 12.0. The van der Waals surface area contributed by atoms with E-state index in [4.69, 9.17) is 5.11 Å². The van der Waals surface area contributed by atoms with Crippen LogP contribution in [0, 0.1) is 12.8 Å². The maximum atomic E-state index is 10.8. The molecule has 0 atom stereocenters. The number of anilines is 1. The topological polar surface area (TPSA) is 75.1 Å². The summed E-state index contributed by atoms with van der Waals surface area (Å²) in [4.78, 5) is 19.0. The fourth-order valence-corrected chi connectivity index (χ4v) is 2.21. The Morgan fingerprint density at radius 1 is 1.47 bits per heavy atom. The summed E-state index contributed by atoms with van der Waals surface area (Å²) in [6.45, 7) is 2.61. The number of carboxylic acids is 1. The van der Waals surface area contributed by atoms with Crippen molar-refractivity contribution >= 4 is 11.9 Å². The van der Waals surface area contributed by atoms with E-state index in [0.29, 0.717) is 17.6 Å². The van der Waals surface area contributed by atoms with E-state index in [-0.39, 0.29) is 5.69 Å². The van der Waals surface area contributed by atoms with Crippen LogP contribution in [0.2, 0.25) is 0 Å². The van der Waals surface area contributed by atoms with Gasteiger partial charge in [-0.05, 0) is 31.7 Å². The minimum absolute atomic E-state index is 0.0476. The first-order valence-corrected chi connectivity index (χ1v) is 5.98. The van der Waals surface area contributed by atoms with Crippen LogP contribution in [0.1, 0.15) is 41.9 Å². The summed E-state index contributed by atoms with van der Waals surface area (Å²) < 4.78 is 0. The number of aryl methyl sites for hydroxylation is 1. The molecular weight excluding hydrogens is 218 g/mol. The monoisotopic (exact) mass is 235 g/mol. The van der Waals surface area contributed by atoms with Gasteiger partial charge < -0.3 is 10.4 Å². The first-order chi connectivity index (χ1) is 8.15. The maximum Gasteiger partial charge on any atom is 0.354 e. The number of nitrogens with zero attached hydrogens (tertiary/aromatic N) is 2. The highest BCUT2D eigenvalue weighted by Crippen LogP contribution is 2.24. The van der Waals surface area contributed by atoms with Crippen molar-refractivity contribution in [3.63, 3.8) is 0 Å². The minimum Gasteiger partial charge on any atom is -0.477 e. The highest BCUT2D eigenvalue weighted by molar-refractivity contribution is 5.85. The number of hydrogen-bond donors (Lipinski definition) is 2. The van der Waals surface area contributed by atoms with Crippen molar-refractivity contribution in [2.75, 3.05) is 11.9 Å². The van der Waals surface area contributed by atoms with Crippen LogP contribution >= 0.6 is 0 Å². The maximum absolute atomic E-state index is 10.8. The van der Waals surface area contributed by atoms with Gasteiger partial charge in [-0.25, -0.2) is 14.8 Å². The molecule has 17 heavy (non-hydrogen) atoms. The Bertz CT molecular complexity index is 414. The molecular formula is C12H17N3O2. The minimum atomic E-state index is -1.01. The molecule has 0 spiro atoms. The summed E-state index contributed by atoms with van der Waals surface area (Å²) in [6.07, 6.45) is 5.07. The molecule has 0 saturated heterocycles. The molecule has 0 aliphatic heterocycles. The molecule has 1 aromatic heterocycles. The van der Waals surface area contributed by atoms with Gasteiger partial charge in [-0.1, -0.05) is 12.8 Å². The van der Waals surface area contributed by atoms with Gasteiger partial charge in [-0.2, -0.15) is 0 Å². The van der Waals surface area contributed by atoms with Crippen molar-refractivity contribution in [2.24, 2.45) is 5.92 Å². The zero-order valence-electron chi connectivity index (χ0n) is 9.94. The fraction of sp³-hybridized carbons (Fsp3) is 0.583. The van der Waals surface area contributed by atoms with E-state index in [0.717, 1.165) is 6.54 Å². The third-order valence-electron chi connectivity index (χ3n) is 3.10. The van der Waals surface area contributed by atoms with E-state index in [1.807, 2.05) is 0 Å². The predicted octanol–water partition coefficient (Wildman–Crippen LogP) is 2.09. The molecule has 1 fully saturated rings. The summed E-state index contributed by atoms with van der Waals surface area (Å²) >= 11 is 0. The molecule has 0 amide bonds. The number of aromatic nitrogens is 2. The molecule has 1 heterocycles. The van der Waals surface area contributed by atoms with Gasteiger partial charge in [0.15, 0.2) is 5.69 Å². The third kappa shape index (κ3) is 3.15. The van der Waals surface area contributed by atoms with Crippen molar-refractivity contribution in [3.8, 4) is 0 Å². The highest BCUT2D eigenvalue weighted by Gasteiger charge is 2.15. The Morgan fingerprint density at radius 2 is 2.18 bits per heavy atom. The second-order valence-electron chi connectivity index (χ2n) is 4.55. The van der Waals surface area contributed by atoms with Gasteiger partial charge in [-0.3, -0.25) is 0 Å². The largest absolute Gasteiger partial charge is 0.477 e. The summed E-state index contributed by atoms with van der Waals surface area (Å²) in [6, 6.07) is 1.48. The van der Waals surface area contributed by atoms with Crippen LogP contribution in [0.3, 0.4) is 0 Å². The molecule has 5 nitrogen and oxygen atoms in total. The van der Waals surface area contributed by atoms with Crippen LogP contribution in [0.15, 0.2) is 6.07 Å². The zero-order chi connectivity index (χ0) is 12.3. The van der Waals surface area contributed by atoms with E-state index >= 15 is 0 Å². The average Bonchev–Trinajstić information content (AvgIpc) is 2.78. The average molecular weight is 235 g/mol. The molecule has 0 bridgehead atoms. The first-order valence-electron chi connectivity index (χ1n) is 5.98. The second kappa shape index (κ2) is 5.12. The lowest BCUT2D eigenvalue weighted by Gasteiger charge is -2.11. The van der Waals surface area contributed by atoms with Crippen LogP contribution in [0.25, 0.3) is 0 Å². The van der Waals surface area contributed by atoms with Crippen LogP contribution in [-0.2, 0) is 0 Å². The van der Waals surface area contributed by atoms with Crippen molar-refractivity contribution < 1.29 is 9.90 Å². The number of hydrogen-bond acceptors (Lipinski definition) is 4. The van der Waals surface area contributed by atoms with E-state index < -0.39 is 5.97 Å². The second-order valence-corrected chi connectivity index (χ2v) is 4.55. The van der Waals surface area contributed by atoms with Gasteiger partial charge >= 0.3 is 5.97 Å². The van der Waals surface area contributed by atoms with Gasteiger partial charge in [0.1, 0.15) is 0 Å². The fourth-order valence-electron chi connectivity index (χ4n) is 2.21. The molecule has 1 saturated carbocycles. The van der Waals surface area contributed by atoms with Gasteiger partial charge in [0.2, 0.25) is 5.95 Å². The lowest BCUT2D eigenvalue weighted by atomic mass is 10.1. The SMILES string of the molecule is Cc1cc(C(=O)O)nc(NCC2CCCC2)n1. The van der Waals surface area contributed by atoms with Crippen molar-refractivity contribution in [3.05, 3.63) is 17.5 Å². The first kappa shape index (κ1) is 11.8. The molecule has 5 heteroatoms. The number of aromatic carboxylic acids is 1. The Labute approximate surface area is 100 Å². The van der Waals surface area contributed by atoms with Gasteiger partial charge in [0.25, 0.3) is 0 Å². The molecule has 1 aliphatic rings. The number of carboxylic acid groups (broad SMARTS) is 1. The predicted molar refractivity (Wildman–Crippen MR) is 64.2 cm³/mol. The molecule has 0 unspecified atom stereocenters. The van der Waals surface area contributed by atoms with E-state index in [1.54, 1.807) is 6.92 Å². The standard InChI is InChI=1S/C12H17N3O2/c1-8-6-10(11(16)17)15-12(14-8)13-7-9-4-2-3-5-9/h6,9H,2-5,7H2,1H3,(H,16,17)(H,13,14,15). The molecule has 0 aromatic carbocycles. The number of carbonyl (C=O) groups is 1.